The van der Waals surface area contributed by atoms with Gasteiger partial charge in [0.25, 0.3) is 27.8 Å². The number of H-pyrrole nitrogens is 5. The summed E-state index contributed by atoms with van der Waals surface area (Å²) in [5.41, 5.74) is -1.78. The van der Waals surface area contributed by atoms with E-state index >= 15 is 0 Å². The van der Waals surface area contributed by atoms with Gasteiger partial charge in [0.2, 0.25) is 16.6 Å². The van der Waals surface area contributed by atoms with E-state index in [1.165, 1.54) is 112 Å². The Morgan fingerprint density at radius 2 is 0.760 bits per heavy atom. The molecular weight excluding hydrogens is 1540 g/mol. The molecule has 0 spiro atoms. The molecule has 5 aromatic heterocycles. The van der Waals surface area contributed by atoms with Gasteiger partial charge in [0.05, 0.1) is 51.7 Å². The van der Waals surface area contributed by atoms with Crippen molar-refractivity contribution in [1.82, 2.24) is 47.8 Å². The molecule has 0 unspecified atom stereocenters. The molecule has 0 bridgehead atoms. The second-order valence-corrected chi connectivity index (χ2v) is 34.4. The third-order valence-corrected chi connectivity index (χ3v) is 16.3. The molecule has 7 aromatic rings. The Bertz CT molecular complexity index is 4460. The molecule has 0 atom stereocenters. The Morgan fingerprint density at radius 1 is 0.500 bits per heavy atom. The van der Waals surface area contributed by atoms with Crippen molar-refractivity contribution in [3.63, 3.8) is 0 Å². The van der Waals surface area contributed by atoms with E-state index in [-0.39, 0.29) is 90.9 Å². The van der Waals surface area contributed by atoms with Crippen molar-refractivity contribution in [3.8, 4) is 17.6 Å². The monoisotopic (exact) mass is 1620 g/mol. The van der Waals surface area contributed by atoms with Gasteiger partial charge in [0.15, 0.2) is 0 Å². The Labute approximate surface area is 638 Å². The number of halogens is 2. The molecule has 104 heavy (non-hydrogen) atoms. The molecule has 5 heterocycles. The van der Waals surface area contributed by atoms with Crippen LogP contribution < -0.4 is 94.7 Å². The van der Waals surface area contributed by atoms with Gasteiger partial charge in [-0.3, -0.25) is 86.1 Å². The minimum atomic E-state index is -1.42. The summed E-state index contributed by atoms with van der Waals surface area (Å²) in [6, 6.07) is 18.2. The quantitative estimate of drug-likeness (QED) is 0.0144. The molecule has 0 aliphatic heterocycles. The number of aryl methyl sites for hydroxylation is 7. The summed E-state index contributed by atoms with van der Waals surface area (Å²) >= 11 is 6.37. The number of rotatable bonds is 20. The van der Waals surface area contributed by atoms with Crippen LogP contribution in [0, 0.1) is 77.6 Å². The number of methoxy groups -OCH3 is 3. The van der Waals surface area contributed by atoms with E-state index in [9.17, 15) is 72.2 Å². The molecule has 0 aliphatic rings. The van der Waals surface area contributed by atoms with Crippen LogP contribution in [0.1, 0.15) is 45.9 Å². The minimum absolute atomic E-state index is 0. The first-order valence-electron chi connectivity index (χ1n) is 30.8. The Hall–Kier alpha value is -9.14. The third-order valence-electron chi connectivity index (χ3n) is 13.1. The van der Waals surface area contributed by atoms with Crippen LogP contribution in [0.2, 0.25) is 39.3 Å². The van der Waals surface area contributed by atoms with Gasteiger partial charge in [-0.05, 0) is 123 Å². The third kappa shape index (κ3) is 36.3. The van der Waals surface area contributed by atoms with E-state index in [1.54, 1.807) is 13.0 Å². The second kappa shape index (κ2) is 48.0. The van der Waals surface area contributed by atoms with Gasteiger partial charge < -0.3 is 39.3 Å². The van der Waals surface area contributed by atoms with E-state index in [1.807, 2.05) is 24.3 Å². The SMILES string of the molecule is C=C(Cn1cc(C)c(=O)[nH]c1=O)C(=O)OC.CC#N.COC(=O)C(CBr)CBr.COC(=O)C(Cn1cc(C)c(=O)[nH]c1=O)Cn1cc(C)c(=O)[nH]c1=O.Cc1cccc(O[Si](C)(C)C)c1.Cc1cccc(O[Si](C)(C)C)c1.Cc1cn(CC(Cn2cc(C)c(=O)[nH]c2=O)C(=O)O)c(=O)[nH]c1=O.[NH-]O.[Na+]. The van der Waals surface area contributed by atoms with Gasteiger partial charge >= 0.3 is 81.9 Å². The van der Waals surface area contributed by atoms with Gasteiger partial charge in [-0.2, -0.15) is 5.26 Å². The Kier molecular flexibility index (Phi) is 44.7. The van der Waals surface area contributed by atoms with Crippen molar-refractivity contribution in [2.45, 2.75) is 127 Å². The standard InChI is InChI=1S/C15H18N4O6.C14H16N4O6.C10H12N2O4.2C10H16OSi.C5H8Br2O2.C2H3N.H2NO.Na/c1-8-4-18(14(23)16-11(8)20)6-10(13(22)25-3)7-19-5-9(2)12(21)17-15(19)24;1-7-3-17(13(23)15-10(7)19)5-9(12(21)22)6-18-4-8(2)11(20)16-14(18)24;1-6-4-12(10(15)11-8(6)13)5-7(2)9(14)16-3;2*1-9-6-5-7-10(8-9)11-12(2,3)4;1-9-5(8)4(2-6)3-7;1-2-3;1-2;/h4-5,10H,6-7H2,1-3H3,(H,16,20,23)(H,17,21,24);3-4,9H,5-6H2,1-2H3,(H,21,22)(H,15,19,23)(H,16,20,24);4H,2,5H2,1,3H3,(H,11,13,15);2*5-8H,1-4H3;4H,2-3H2,1H3;1H3;1-2H;/q;;;;;;;-1;+1. The number of esters is 3. The molecular formula is C66H91Br2N12NaO21Si2. The molecule has 2 aromatic carbocycles. The van der Waals surface area contributed by atoms with Crippen LogP contribution in [-0.2, 0) is 66.1 Å². The zero-order valence-corrected chi connectivity index (χ0v) is 68.7. The van der Waals surface area contributed by atoms with E-state index in [0.717, 1.165) is 20.6 Å². The van der Waals surface area contributed by atoms with Crippen LogP contribution in [0.5, 0.6) is 11.5 Å². The number of aliphatic carboxylic acids is 1. The second-order valence-electron chi connectivity index (χ2n) is 24.3. The number of nitriles is 1. The largest absolute Gasteiger partial charge is 1.00 e. The molecule has 8 N–H and O–H groups in total. The van der Waals surface area contributed by atoms with Gasteiger partial charge in [-0.15, -0.1) is 0 Å². The smallest absolute Gasteiger partial charge is 0.553 e. The predicted molar refractivity (Wildman–Crippen MR) is 399 cm³/mol. The molecule has 33 nitrogen and oxygen atoms in total. The number of alkyl halides is 2. The van der Waals surface area contributed by atoms with Gasteiger partial charge in [-0.1, -0.05) is 62.7 Å². The normalized spacial score (nSPS) is 10.3. The van der Waals surface area contributed by atoms with Gasteiger partial charge in [-0.25, -0.2) is 28.8 Å². The molecule has 0 fully saturated rings. The number of nitrogens with zero attached hydrogens (tertiary/aromatic N) is 6. The van der Waals surface area contributed by atoms with Crippen molar-refractivity contribution >= 4 is 72.4 Å². The predicted octanol–water partition coefficient (Wildman–Crippen LogP) is 2.42. The van der Waals surface area contributed by atoms with Crippen molar-refractivity contribution in [3.05, 3.63) is 241 Å². The number of carboxylic acids is 1. The maximum absolute atomic E-state index is 12.1. The molecule has 0 radical (unpaired) electrons. The number of carbonyl (C=O) groups excluding carboxylic acids is 3. The zero-order chi connectivity index (χ0) is 79.4. The number of ether oxygens (including phenoxy) is 3. The topological polar surface area (TPSA) is 477 Å². The zero-order valence-electron chi connectivity index (χ0n) is 61.5. The van der Waals surface area contributed by atoms with Crippen molar-refractivity contribution in [2.24, 2.45) is 17.8 Å². The maximum Gasteiger partial charge on any atom is 1.00 e. The molecule has 564 valence electrons. The number of aromatic amines is 5. The fourth-order valence-electron chi connectivity index (χ4n) is 8.10. The summed E-state index contributed by atoms with van der Waals surface area (Å²) in [5, 5.41) is 24.2. The molecule has 38 heteroatoms. The number of carboxylic acid groups (broad SMARTS) is 1. The van der Waals surface area contributed by atoms with Gasteiger partial charge in [0, 0.05) is 108 Å². The first-order chi connectivity index (χ1) is 48.0. The van der Waals surface area contributed by atoms with E-state index < -0.39 is 103 Å². The number of hydrogen-bond acceptors (Lipinski definition) is 21. The number of nitrogens with one attached hydrogen (secondary N) is 6. The number of benzene rings is 2. The van der Waals surface area contributed by atoms with E-state index in [4.69, 9.17) is 30.0 Å². The number of carbonyl (C=O) groups is 4. The Morgan fingerprint density at radius 3 is 0.990 bits per heavy atom. The van der Waals surface area contributed by atoms with Crippen molar-refractivity contribution in [1.29, 1.82) is 5.26 Å². The molecule has 0 aliphatic carbocycles. The molecule has 7 rings (SSSR count). The first kappa shape index (κ1) is 96.9. The molecule has 0 saturated carbocycles. The van der Waals surface area contributed by atoms with Crippen LogP contribution >= 0.6 is 31.9 Å². The summed E-state index contributed by atoms with van der Waals surface area (Å²) in [6.07, 6.45) is 6.56. The van der Waals surface area contributed by atoms with E-state index in [2.05, 4.69) is 150 Å². The van der Waals surface area contributed by atoms with Gasteiger partial charge in [0.1, 0.15) is 11.5 Å². The first-order valence-corrected chi connectivity index (χ1v) is 39.9. The average Bonchev–Trinajstić information content (AvgIpc) is 0.836. The van der Waals surface area contributed by atoms with E-state index in [0.29, 0.717) is 27.4 Å². The summed E-state index contributed by atoms with van der Waals surface area (Å²) in [4.78, 5) is 171. The fraction of sp³-hybridized carbons (Fsp3) is 0.409. The summed E-state index contributed by atoms with van der Waals surface area (Å²) in [5.74, 6) is 2.10. The minimum Gasteiger partial charge on any atom is -0.553 e. The van der Waals surface area contributed by atoms with Crippen LogP contribution in [0.25, 0.3) is 5.90 Å². The van der Waals surface area contributed by atoms with Crippen LogP contribution in [0.3, 0.4) is 0 Å². The fourth-order valence-corrected chi connectivity index (χ4v) is 11.4. The molecule has 0 saturated heterocycles. The number of hydrogen-bond donors (Lipinski definition) is 7. The van der Waals surface area contributed by atoms with Crippen LogP contribution in [0.4, 0.5) is 0 Å². The summed E-state index contributed by atoms with van der Waals surface area (Å²) < 4.78 is 31.0. The maximum atomic E-state index is 12.1. The van der Waals surface area contributed by atoms with Crippen LogP contribution in [0.15, 0.2) is 140 Å². The average molecular weight is 1630 g/mol. The Balaban J connectivity index is 0. The van der Waals surface area contributed by atoms with Crippen LogP contribution in [-0.4, -0.2) is 131 Å². The molecule has 0 amide bonds. The number of aromatic nitrogens is 10. The van der Waals surface area contributed by atoms with Crippen molar-refractivity contribution in [2.75, 3.05) is 32.0 Å². The summed E-state index contributed by atoms with van der Waals surface area (Å²) in [6.45, 7) is 29.1. The van der Waals surface area contributed by atoms with Crippen molar-refractivity contribution < 1.29 is 82.1 Å². The summed E-state index contributed by atoms with van der Waals surface area (Å²) in [7, 11) is 0.970.